The summed E-state index contributed by atoms with van der Waals surface area (Å²) < 4.78 is 5.84. The molecule has 0 saturated carbocycles. The lowest BCUT2D eigenvalue weighted by Gasteiger charge is -2.28. The maximum Gasteiger partial charge on any atom is 0.0766 e. The van der Waals surface area contributed by atoms with Gasteiger partial charge in [0.05, 0.1) is 22.2 Å². The van der Waals surface area contributed by atoms with Crippen LogP contribution in [0.5, 0.6) is 0 Å². The van der Waals surface area contributed by atoms with Gasteiger partial charge in [-0.1, -0.05) is 43.1 Å². The van der Waals surface area contributed by atoms with Crippen LogP contribution >= 0.6 is 23.2 Å². The largest absolute Gasteiger partial charge is 0.377 e. The van der Waals surface area contributed by atoms with E-state index in [4.69, 9.17) is 27.9 Å². The van der Waals surface area contributed by atoms with Gasteiger partial charge in [0.25, 0.3) is 0 Å². The van der Waals surface area contributed by atoms with Gasteiger partial charge in [-0.15, -0.1) is 0 Å². The van der Waals surface area contributed by atoms with Gasteiger partial charge in [0.15, 0.2) is 0 Å². The Bertz CT molecular complexity index is 384. The summed E-state index contributed by atoms with van der Waals surface area (Å²) in [6.07, 6.45) is 2.18. The van der Waals surface area contributed by atoms with Crippen LogP contribution in [-0.4, -0.2) is 19.3 Å². The molecule has 0 aliphatic carbocycles. The lowest BCUT2D eigenvalue weighted by molar-refractivity contribution is 0.0314. The van der Waals surface area contributed by atoms with Crippen molar-refractivity contribution < 1.29 is 4.74 Å². The van der Waals surface area contributed by atoms with Gasteiger partial charge in [-0.2, -0.15) is 0 Å². The molecule has 0 aromatic heterocycles. The van der Waals surface area contributed by atoms with Crippen molar-refractivity contribution in [2.75, 3.05) is 13.2 Å². The quantitative estimate of drug-likeness (QED) is 0.741. The topological polar surface area (TPSA) is 21.3 Å². The smallest absolute Gasteiger partial charge is 0.0766 e. The third kappa shape index (κ3) is 4.96. The summed E-state index contributed by atoms with van der Waals surface area (Å²) in [5.41, 5.74) is 1.13. The first-order valence-electron chi connectivity index (χ1n) is 6.93. The van der Waals surface area contributed by atoms with Gasteiger partial charge < -0.3 is 10.1 Å². The van der Waals surface area contributed by atoms with Gasteiger partial charge in [0, 0.05) is 6.61 Å². The second-order valence-corrected chi connectivity index (χ2v) is 5.32. The van der Waals surface area contributed by atoms with Gasteiger partial charge in [0.1, 0.15) is 0 Å². The first kappa shape index (κ1) is 16.8. The lowest BCUT2D eigenvalue weighted by atomic mass is 9.99. The highest BCUT2D eigenvalue weighted by Gasteiger charge is 2.22. The highest BCUT2D eigenvalue weighted by Crippen LogP contribution is 2.28. The second-order valence-electron chi connectivity index (χ2n) is 4.51. The fourth-order valence-electron chi connectivity index (χ4n) is 2.13. The molecule has 1 aromatic carbocycles. The Hall–Kier alpha value is -0.280. The van der Waals surface area contributed by atoms with Gasteiger partial charge in [0.2, 0.25) is 0 Å². The molecule has 0 bridgehead atoms. The lowest BCUT2D eigenvalue weighted by Crippen LogP contribution is -2.34. The molecule has 1 N–H and O–H groups in total. The number of hydrogen-bond donors (Lipinski definition) is 1. The molecule has 0 aliphatic heterocycles. The summed E-state index contributed by atoms with van der Waals surface area (Å²) in [4.78, 5) is 0. The summed E-state index contributed by atoms with van der Waals surface area (Å²) in [5, 5.41) is 4.72. The Morgan fingerprint density at radius 2 is 1.89 bits per heavy atom. The number of ether oxygens (including phenoxy) is 1. The normalized spacial score (nSPS) is 14.4. The van der Waals surface area contributed by atoms with E-state index in [0.29, 0.717) is 16.7 Å². The molecule has 0 saturated heterocycles. The van der Waals surface area contributed by atoms with Crippen LogP contribution < -0.4 is 5.32 Å². The van der Waals surface area contributed by atoms with E-state index in [2.05, 4.69) is 19.2 Å². The van der Waals surface area contributed by atoms with Crippen LogP contribution in [0.1, 0.15) is 45.2 Å². The molecule has 0 amide bonds. The van der Waals surface area contributed by atoms with Crippen LogP contribution in [0, 0.1) is 0 Å². The molecular formula is C15H23Cl2NO. The van der Waals surface area contributed by atoms with Crippen LogP contribution in [0.3, 0.4) is 0 Å². The molecule has 0 aliphatic rings. The molecule has 19 heavy (non-hydrogen) atoms. The van der Waals surface area contributed by atoms with Crippen LogP contribution in [-0.2, 0) is 4.74 Å². The maximum atomic E-state index is 6.12. The molecule has 0 radical (unpaired) electrons. The Kier molecular flexibility index (Phi) is 7.77. The van der Waals surface area contributed by atoms with Crippen LogP contribution in [0.2, 0.25) is 10.0 Å². The predicted molar refractivity (Wildman–Crippen MR) is 83.2 cm³/mol. The Morgan fingerprint density at radius 1 is 1.16 bits per heavy atom. The maximum absolute atomic E-state index is 6.12. The number of benzene rings is 1. The molecule has 1 aromatic rings. The summed E-state index contributed by atoms with van der Waals surface area (Å²) >= 11 is 12.1. The van der Waals surface area contributed by atoms with Crippen molar-refractivity contribution in [1.29, 1.82) is 0 Å². The highest BCUT2D eigenvalue weighted by atomic mass is 35.5. The van der Waals surface area contributed by atoms with Crippen molar-refractivity contribution in [2.45, 2.75) is 45.8 Å². The minimum absolute atomic E-state index is 0.147. The van der Waals surface area contributed by atoms with E-state index < -0.39 is 0 Å². The van der Waals surface area contributed by atoms with Gasteiger partial charge in [-0.3, -0.25) is 0 Å². The molecule has 4 heteroatoms. The van der Waals surface area contributed by atoms with E-state index in [1.54, 1.807) is 0 Å². The average molecular weight is 304 g/mol. The first-order chi connectivity index (χ1) is 9.13. The van der Waals surface area contributed by atoms with Crippen molar-refractivity contribution >= 4 is 23.2 Å². The highest BCUT2D eigenvalue weighted by molar-refractivity contribution is 6.42. The van der Waals surface area contributed by atoms with Crippen molar-refractivity contribution in [3.63, 3.8) is 0 Å². The van der Waals surface area contributed by atoms with Gasteiger partial charge >= 0.3 is 0 Å². The molecule has 1 rings (SSSR count). The van der Waals surface area contributed by atoms with E-state index >= 15 is 0 Å². The minimum Gasteiger partial charge on any atom is -0.377 e. The zero-order valence-corrected chi connectivity index (χ0v) is 13.4. The number of halogens is 2. The summed E-state index contributed by atoms with van der Waals surface area (Å²) in [6.45, 7) is 7.98. The van der Waals surface area contributed by atoms with Crippen molar-refractivity contribution in [3.05, 3.63) is 33.8 Å². The molecule has 0 fully saturated rings. The minimum atomic E-state index is 0.147. The van der Waals surface area contributed by atoms with Gasteiger partial charge in [-0.25, -0.2) is 0 Å². The van der Waals surface area contributed by atoms with Crippen molar-refractivity contribution in [1.82, 2.24) is 5.32 Å². The summed E-state index contributed by atoms with van der Waals surface area (Å²) in [6, 6.07) is 5.94. The first-order valence-corrected chi connectivity index (χ1v) is 7.69. The fraction of sp³-hybridized carbons (Fsp3) is 0.600. The van der Waals surface area contributed by atoms with E-state index in [1.165, 1.54) is 0 Å². The van der Waals surface area contributed by atoms with Crippen LogP contribution in [0.4, 0.5) is 0 Å². The number of hydrogen-bond acceptors (Lipinski definition) is 2. The van der Waals surface area contributed by atoms with E-state index in [0.717, 1.165) is 24.9 Å². The van der Waals surface area contributed by atoms with E-state index in [-0.39, 0.29) is 12.1 Å². The zero-order valence-electron chi connectivity index (χ0n) is 11.9. The second kappa shape index (κ2) is 8.80. The van der Waals surface area contributed by atoms with Crippen molar-refractivity contribution in [3.8, 4) is 0 Å². The molecule has 2 atom stereocenters. The molecule has 0 heterocycles. The van der Waals surface area contributed by atoms with Crippen molar-refractivity contribution in [2.24, 2.45) is 0 Å². The molecule has 2 nitrogen and oxygen atoms in total. The summed E-state index contributed by atoms with van der Waals surface area (Å²) in [7, 11) is 0. The fourth-order valence-corrected chi connectivity index (χ4v) is 2.44. The monoisotopic (exact) mass is 303 g/mol. The summed E-state index contributed by atoms with van der Waals surface area (Å²) in [5.74, 6) is 0. The number of nitrogens with one attached hydrogen (secondary N) is 1. The Morgan fingerprint density at radius 3 is 2.42 bits per heavy atom. The molecular weight excluding hydrogens is 281 g/mol. The Labute approximate surface area is 126 Å². The number of rotatable bonds is 8. The van der Waals surface area contributed by atoms with Gasteiger partial charge in [-0.05, 0) is 44.0 Å². The standard InChI is InChI=1S/C15H23Cl2NO/c1-4-9-18-15(14(5-2)19-6-3)11-7-8-12(16)13(17)10-11/h7-8,10,14-15,18H,4-6,9H2,1-3H3. The third-order valence-corrected chi connectivity index (χ3v) is 3.81. The van der Waals surface area contributed by atoms with Crippen LogP contribution in [0.15, 0.2) is 18.2 Å². The van der Waals surface area contributed by atoms with Crippen LogP contribution in [0.25, 0.3) is 0 Å². The predicted octanol–water partition coefficient (Wildman–Crippen LogP) is 4.85. The average Bonchev–Trinajstić information content (AvgIpc) is 2.41. The molecule has 0 spiro atoms. The SMILES string of the molecule is CCCNC(c1ccc(Cl)c(Cl)c1)C(CC)OCC. The Balaban J connectivity index is 2.96. The zero-order chi connectivity index (χ0) is 14.3. The van der Waals surface area contributed by atoms with E-state index in [1.807, 2.05) is 25.1 Å². The molecule has 108 valence electrons. The third-order valence-electron chi connectivity index (χ3n) is 3.07. The molecule has 2 unspecified atom stereocenters. The van der Waals surface area contributed by atoms with E-state index in [9.17, 15) is 0 Å².